The highest BCUT2D eigenvalue weighted by molar-refractivity contribution is 5.89. The number of carbonyl (C=O) groups excluding carboxylic acids is 1. The topological polar surface area (TPSA) is 96.8 Å². The van der Waals surface area contributed by atoms with E-state index in [1.54, 1.807) is 26.0 Å². The van der Waals surface area contributed by atoms with Gasteiger partial charge in [-0.2, -0.15) is 13.8 Å². The highest BCUT2D eigenvalue weighted by atomic mass is 19.3. The van der Waals surface area contributed by atoms with Gasteiger partial charge < -0.3 is 19.9 Å². The van der Waals surface area contributed by atoms with E-state index in [2.05, 4.69) is 20.0 Å². The molecule has 0 aliphatic carbocycles. The molecule has 10 heteroatoms. The van der Waals surface area contributed by atoms with Crippen LogP contribution in [0.1, 0.15) is 25.5 Å². The van der Waals surface area contributed by atoms with Crippen LogP contribution < -0.4 is 15.0 Å². The average molecular weight is 394 g/mol. The Morgan fingerprint density at radius 3 is 2.86 bits per heavy atom. The number of alkyl halides is 2. The first-order valence-electron chi connectivity index (χ1n) is 8.63. The Morgan fingerprint density at radius 1 is 1.36 bits per heavy atom. The predicted octanol–water partition coefficient (Wildman–Crippen LogP) is 2.96. The van der Waals surface area contributed by atoms with Crippen molar-refractivity contribution >= 4 is 17.9 Å². The monoisotopic (exact) mass is 394 g/mol. The van der Waals surface area contributed by atoms with Crippen molar-refractivity contribution in [2.45, 2.75) is 38.6 Å². The molecule has 1 unspecified atom stereocenters. The molecule has 2 aromatic rings. The molecule has 3 rings (SSSR count). The lowest BCUT2D eigenvalue weighted by Gasteiger charge is -2.23. The van der Waals surface area contributed by atoms with Crippen molar-refractivity contribution in [3.63, 3.8) is 0 Å². The summed E-state index contributed by atoms with van der Waals surface area (Å²) in [7, 11) is 0. The van der Waals surface area contributed by atoms with Gasteiger partial charge in [-0.3, -0.25) is 4.90 Å². The van der Waals surface area contributed by atoms with Crippen LogP contribution in [0.25, 0.3) is 0 Å². The van der Waals surface area contributed by atoms with Gasteiger partial charge in [0, 0.05) is 6.20 Å². The second-order valence-electron chi connectivity index (χ2n) is 6.31. The normalized spacial score (nSPS) is 18.7. The van der Waals surface area contributed by atoms with Crippen LogP contribution in [-0.4, -0.2) is 46.5 Å². The van der Waals surface area contributed by atoms with Gasteiger partial charge >= 0.3 is 12.7 Å². The number of aliphatic hydroxyl groups is 1. The van der Waals surface area contributed by atoms with Gasteiger partial charge in [-0.1, -0.05) is 12.1 Å². The first-order chi connectivity index (χ1) is 13.3. The minimum Gasteiger partial charge on any atom is -0.447 e. The van der Waals surface area contributed by atoms with E-state index in [1.165, 1.54) is 29.3 Å². The lowest BCUT2D eigenvalue weighted by atomic mass is 10.1. The zero-order valence-corrected chi connectivity index (χ0v) is 15.3. The number of hydrogen-bond acceptors (Lipinski definition) is 7. The Bertz CT molecular complexity index is 837. The molecule has 0 radical (unpaired) electrons. The Balaban J connectivity index is 1.77. The number of halogens is 2. The van der Waals surface area contributed by atoms with E-state index in [0.29, 0.717) is 5.56 Å². The summed E-state index contributed by atoms with van der Waals surface area (Å²) in [6.45, 7) is 0.536. The molecule has 2 heterocycles. The molecule has 1 aromatic heterocycles. The lowest BCUT2D eigenvalue weighted by Crippen LogP contribution is -2.41. The Kier molecular flexibility index (Phi) is 5.88. The molecule has 1 saturated heterocycles. The summed E-state index contributed by atoms with van der Waals surface area (Å²) in [4.78, 5) is 21.7. The molecule has 0 saturated carbocycles. The fraction of sp³-hybridized carbons (Fsp3) is 0.389. The van der Waals surface area contributed by atoms with E-state index in [-0.39, 0.29) is 30.2 Å². The smallest absolute Gasteiger partial charge is 0.416 e. The molecule has 2 N–H and O–H groups in total. The summed E-state index contributed by atoms with van der Waals surface area (Å²) in [5, 5.41) is 12.9. The lowest BCUT2D eigenvalue weighted by molar-refractivity contribution is -0.0498. The molecule has 1 aliphatic rings. The number of amides is 1. The first-order valence-corrected chi connectivity index (χ1v) is 8.63. The predicted molar refractivity (Wildman–Crippen MR) is 96.4 cm³/mol. The molecular formula is C18H20F2N4O4. The van der Waals surface area contributed by atoms with Crippen molar-refractivity contribution in [2.24, 2.45) is 0 Å². The number of hydrogen-bond donors (Lipinski definition) is 2. The summed E-state index contributed by atoms with van der Waals surface area (Å²) in [6, 6.07) is 6.96. The summed E-state index contributed by atoms with van der Waals surface area (Å²) in [5.74, 6) is 0.567. The van der Waals surface area contributed by atoms with E-state index in [9.17, 15) is 18.7 Å². The molecule has 1 aromatic carbocycles. The zero-order valence-electron chi connectivity index (χ0n) is 15.3. The molecule has 1 fully saturated rings. The second-order valence-corrected chi connectivity index (χ2v) is 6.31. The van der Waals surface area contributed by atoms with E-state index < -0.39 is 24.9 Å². The third kappa shape index (κ3) is 4.45. The maximum absolute atomic E-state index is 12.4. The van der Waals surface area contributed by atoms with Crippen LogP contribution in [0, 0.1) is 0 Å². The van der Waals surface area contributed by atoms with Gasteiger partial charge in [0.1, 0.15) is 24.2 Å². The number of benzene rings is 1. The number of rotatable bonds is 7. The fourth-order valence-electron chi connectivity index (χ4n) is 2.84. The number of carbonyl (C=O) groups is 1. The van der Waals surface area contributed by atoms with Crippen molar-refractivity contribution in [1.29, 1.82) is 0 Å². The highest BCUT2D eigenvalue weighted by Gasteiger charge is 2.38. The van der Waals surface area contributed by atoms with Crippen LogP contribution >= 0.6 is 0 Å². The molecule has 3 atom stereocenters. The first kappa shape index (κ1) is 19.7. The maximum atomic E-state index is 12.4. The molecule has 150 valence electrons. The van der Waals surface area contributed by atoms with Crippen molar-refractivity contribution in [3.05, 3.63) is 42.1 Å². The molecule has 1 aliphatic heterocycles. The van der Waals surface area contributed by atoms with E-state index in [4.69, 9.17) is 4.74 Å². The number of nitrogens with one attached hydrogen (secondary N) is 1. The number of aromatic nitrogens is 2. The maximum Gasteiger partial charge on any atom is 0.416 e. The second kappa shape index (κ2) is 8.34. The number of anilines is 2. The Labute approximate surface area is 160 Å². The third-order valence-electron chi connectivity index (χ3n) is 4.28. The molecule has 1 amide bonds. The number of ether oxygens (including phenoxy) is 2. The molecule has 28 heavy (non-hydrogen) atoms. The standard InChI is InChI=1S/C18H20F2N4O4/c1-10(12-4-3-5-13(8-12)28-16(19)20)22-17-21-7-6-15(23-17)24-14(11(2)25)9-27-18(24)26/h3-8,10-11,14,16,25H,9H2,1-2H3,(H,21,22,23)/t10-,11+,14?/m0/s1. The molecular weight excluding hydrogens is 374 g/mol. The SMILES string of the molecule is C[C@H](Nc1nccc(N2C(=O)OCC2[C@@H](C)O)n1)c1cccc(OC(F)F)c1. The fourth-order valence-corrected chi connectivity index (χ4v) is 2.84. The molecule has 8 nitrogen and oxygen atoms in total. The quantitative estimate of drug-likeness (QED) is 0.745. The Morgan fingerprint density at radius 2 is 2.14 bits per heavy atom. The number of cyclic esters (lactones) is 1. The average Bonchev–Trinajstić information content (AvgIpc) is 3.03. The van der Waals surface area contributed by atoms with Crippen molar-refractivity contribution < 1.29 is 28.2 Å². The largest absolute Gasteiger partial charge is 0.447 e. The van der Waals surface area contributed by atoms with Gasteiger partial charge in [-0.25, -0.2) is 9.78 Å². The van der Waals surface area contributed by atoms with Crippen LogP contribution in [0.15, 0.2) is 36.5 Å². The highest BCUT2D eigenvalue weighted by Crippen LogP contribution is 2.26. The van der Waals surface area contributed by atoms with Gasteiger partial charge in [0.25, 0.3) is 0 Å². The van der Waals surface area contributed by atoms with Crippen LogP contribution in [0.3, 0.4) is 0 Å². The summed E-state index contributed by atoms with van der Waals surface area (Å²) < 4.78 is 34.2. The van der Waals surface area contributed by atoms with Crippen molar-refractivity contribution in [3.8, 4) is 5.75 Å². The molecule has 0 spiro atoms. The number of nitrogens with zero attached hydrogens (tertiary/aromatic N) is 3. The number of aliphatic hydroxyl groups excluding tert-OH is 1. The van der Waals surface area contributed by atoms with Gasteiger partial charge in [0.2, 0.25) is 5.95 Å². The Hall–Kier alpha value is -3.01. The minimum absolute atomic E-state index is 0.0513. The van der Waals surface area contributed by atoms with Crippen LogP contribution in [0.4, 0.5) is 25.3 Å². The van der Waals surface area contributed by atoms with Crippen LogP contribution in [0.2, 0.25) is 0 Å². The van der Waals surface area contributed by atoms with Gasteiger partial charge in [-0.05, 0) is 37.6 Å². The van der Waals surface area contributed by atoms with Crippen LogP contribution in [-0.2, 0) is 4.74 Å². The summed E-state index contributed by atoms with van der Waals surface area (Å²) in [6.07, 6.45) is 0.0769. The molecule has 0 bridgehead atoms. The third-order valence-corrected chi connectivity index (χ3v) is 4.28. The van der Waals surface area contributed by atoms with Crippen LogP contribution in [0.5, 0.6) is 5.75 Å². The van der Waals surface area contributed by atoms with Gasteiger partial charge in [-0.15, -0.1) is 0 Å². The minimum atomic E-state index is -2.90. The summed E-state index contributed by atoms with van der Waals surface area (Å²) >= 11 is 0. The van der Waals surface area contributed by atoms with E-state index >= 15 is 0 Å². The summed E-state index contributed by atoms with van der Waals surface area (Å²) in [5.41, 5.74) is 0.689. The zero-order chi connectivity index (χ0) is 20.3. The van der Waals surface area contributed by atoms with Crippen molar-refractivity contribution in [1.82, 2.24) is 9.97 Å². The van der Waals surface area contributed by atoms with E-state index in [0.717, 1.165) is 0 Å². The van der Waals surface area contributed by atoms with Crippen molar-refractivity contribution in [2.75, 3.05) is 16.8 Å². The van der Waals surface area contributed by atoms with E-state index in [1.807, 2.05) is 0 Å². The van der Waals surface area contributed by atoms with Gasteiger partial charge in [0.15, 0.2) is 0 Å². The van der Waals surface area contributed by atoms with Gasteiger partial charge in [0.05, 0.1) is 12.1 Å².